The maximum absolute atomic E-state index is 11.4. The van der Waals surface area contributed by atoms with Crippen LogP contribution in [0.25, 0.3) is 0 Å². The molecule has 0 amide bonds. The molecule has 0 spiro atoms. The topological polar surface area (TPSA) is 77.6 Å². The molecule has 0 saturated carbocycles. The van der Waals surface area contributed by atoms with E-state index in [1.165, 1.54) is 11.8 Å². The van der Waals surface area contributed by atoms with Crippen LogP contribution in [0.1, 0.15) is 23.6 Å². The van der Waals surface area contributed by atoms with Crippen LogP contribution in [0.5, 0.6) is 0 Å². The first-order chi connectivity index (χ1) is 11.6. The molecule has 1 aromatic rings. The van der Waals surface area contributed by atoms with Gasteiger partial charge >= 0.3 is 0 Å². The van der Waals surface area contributed by atoms with Crippen molar-refractivity contribution in [2.45, 2.75) is 25.6 Å². The molecule has 1 aromatic carbocycles. The molecule has 0 bridgehead atoms. The summed E-state index contributed by atoms with van der Waals surface area (Å²) in [6, 6.07) is 7.96. The van der Waals surface area contributed by atoms with Gasteiger partial charge in [0.25, 0.3) is 0 Å². The van der Waals surface area contributed by atoms with Gasteiger partial charge < -0.3 is 5.43 Å². The molecule has 0 aromatic heterocycles. The fraction of sp³-hybridized carbons (Fsp3) is 0.294. The molecule has 1 unspecified atom stereocenters. The lowest BCUT2D eigenvalue weighted by Crippen LogP contribution is -2.15. The number of thioether (sulfide) groups is 2. The number of hydrogen-bond donors (Lipinski definition) is 1. The Morgan fingerprint density at radius 3 is 3.00 bits per heavy atom. The van der Waals surface area contributed by atoms with Gasteiger partial charge in [-0.05, 0) is 31.0 Å². The molecule has 0 saturated heterocycles. The average Bonchev–Trinajstić information content (AvgIpc) is 2.59. The largest absolute Gasteiger partial charge is 0.313 e. The number of aliphatic imine (C=N–C) groups is 1. The Morgan fingerprint density at radius 1 is 1.54 bits per heavy atom. The summed E-state index contributed by atoms with van der Waals surface area (Å²) in [6.45, 7) is 3.91. The van der Waals surface area contributed by atoms with E-state index in [1.807, 2.05) is 32.0 Å². The summed E-state index contributed by atoms with van der Waals surface area (Å²) in [5, 5.41) is 13.2. The van der Waals surface area contributed by atoms with Gasteiger partial charge in [0.2, 0.25) is 0 Å². The number of nitrogens with one attached hydrogen (secondary N) is 1. The second kappa shape index (κ2) is 8.71. The van der Waals surface area contributed by atoms with Crippen LogP contribution in [-0.2, 0) is 10.5 Å². The zero-order valence-electron chi connectivity index (χ0n) is 13.7. The minimum Gasteiger partial charge on any atom is -0.313 e. The number of hydrazone groups is 1. The number of hydrogen-bond acceptors (Lipinski definition) is 7. The minimum absolute atomic E-state index is 0.125. The van der Waals surface area contributed by atoms with Crippen LogP contribution in [-0.4, -0.2) is 30.0 Å². The van der Waals surface area contributed by atoms with E-state index in [1.54, 1.807) is 25.0 Å². The lowest BCUT2D eigenvalue weighted by Gasteiger charge is -2.19. The highest BCUT2D eigenvalue weighted by Crippen LogP contribution is 2.34. The van der Waals surface area contributed by atoms with E-state index < -0.39 is 0 Å². The van der Waals surface area contributed by atoms with E-state index in [0.29, 0.717) is 16.2 Å². The lowest BCUT2D eigenvalue weighted by molar-refractivity contribution is -0.104. The van der Waals surface area contributed by atoms with Crippen molar-refractivity contribution in [2.75, 3.05) is 7.05 Å². The van der Waals surface area contributed by atoms with Crippen LogP contribution in [0.2, 0.25) is 0 Å². The Labute approximate surface area is 150 Å². The van der Waals surface area contributed by atoms with E-state index in [2.05, 4.69) is 21.6 Å². The number of rotatable bonds is 5. The average molecular weight is 358 g/mol. The van der Waals surface area contributed by atoms with Crippen molar-refractivity contribution in [1.82, 2.24) is 5.43 Å². The predicted molar refractivity (Wildman–Crippen MR) is 102 cm³/mol. The van der Waals surface area contributed by atoms with Crippen molar-refractivity contribution in [3.63, 3.8) is 0 Å². The third-order valence-corrected chi connectivity index (χ3v) is 5.65. The van der Waals surface area contributed by atoms with Crippen LogP contribution in [0.15, 0.2) is 38.8 Å². The third kappa shape index (κ3) is 4.49. The highest BCUT2D eigenvalue weighted by molar-refractivity contribution is 8.40. The summed E-state index contributed by atoms with van der Waals surface area (Å²) < 4.78 is 0.829. The number of nitrogens with zero attached hydrogens (tertiary/aromatic N) is 3. The lowest BCUT2D eigenvalue weighted by atomic mass is 10.1. The van der Waals surface area contributed by atoms with Gasteiger partial charge in [0.15, 0.2) is 6.29 Å². The van der Waals surface area contributed by atoms with Gasteiger partial charge in [0.1, 0.15) is 4.38 Å². The van der Waals surface area contributed by atoms with Crippen molar-refractivity contribution >= 4 is 40.4 Å². The Hall–Kier alpha value is -2.04. The van der Waals surface area contributed by atoms with Gasteiger partial charge in [-0.1, -0.05) is 35.7 Å². The number of aryl methyl sites for hydroxylation is 1. The van der Waals surface area contributed by atoms with Crippen molar-refractivity contribution in [3.8, 4) is 6.07 Å². The fourth-order valence-corrected chi connectivity index (χ4v) is 4.37. The van der Waals surface area contributed by atoms with E-state index in [4.69, 9.17) is 0 Å². The SMILES string of the molecule is CN/N=C\C1=C(C=O)SC(SCc2ccc(C)cc2C#N)=NC1C. The summed E-state index contributed by atoms with van der Waals surface area (Å²) in [7, 11) is 1.71. The molecule has 1 atom stereocenters. The van der Waals surface area contributed by atoms with Crippen molar-refractivity contribution in [3.05, 3.63) is 45.4 Å². The van der Waals surface area contributed by atoms with Crippen molar-refractivity contribution < 1.29 is 4.79 Å². The number of carbonyl (C=O) groups excluding carboxylic acids is 1. The van der Waals surface area contributed by atoms with Crippen LogP contribution < -0.4 is 5.43 Å². The standard InChI is InChI=1S/C17H18N4OS2/c1-11-4-5-13(14(6-11)7-18)10-23-17-21-12(2)15(8-20-19-3)16(9-22)24-17/h4-6,8-9,12,19H,10H2,1-3H3/b20-8-. The summed E-state index contributed by atoms with van der Waals surface area (Å²) in [5.74, 6) is 0.647. The molecule has 0 fully saturated rings. The Kier molecular flexibility index (Phi) is 6.64. The molecule has 7 heteroatoms. The summed E-state index contributed by atoms with van der Waals surface area (Å²) >= 11 is 2.90. The number of nitriles is 1. The molecular weight excluding hydrogens is 340 g/mol. The first kappa shape index (κ1) is 18.3. The maximum atomic E-state index is 11.4. The third-order valence-electron chi connectivity index (χ3n) is 3.41. The molecular formula is C17H18N4OS2. The number of carbonyl (C=O) groups is 1. The zero-order chi connectivity index (χ0) is 17.5. The molecule has 0 aliphatic carbocycles. The first-order valence-corrected chi connectivity index (χ1v) is 9.16. The predicted octanol–water partition coefficient (Wildman–Crippen LogP) is 3.25. The number of benzene rings is 1. The molecule has 24 heavy (non-hydrogen) atoms. The normalized spacial score (nSPS) is 17.6. The molecule has 1 aliphatic rings. The summed E-state index contributed by atoms with van der Waals surface area (Å²) in [4.78, 5) is 16.6. The van der Waals surface area contributed by atoms with Crippen LogP contribution in [0.3, 0.4) is 0 Å². The highest BCUT2D eigenvalue weighted by Gasteiger charge is 2.21. The van der Waals surface area contributed by atoms with Crippen molar-refractivity contribution in [2.24, 2.45) is 10.1 Å². The monoisotopic (exact) mass is 358 g/mol. The molecule has 0 radical (unpaired) electrons. The molecule has 124 valence electrons. The molecule has 1 N–H and O–H groups in total. The van der Waals surface area contributed by atoms with E-state index >= 15 is 0 Å². The molecule has 1 heterocycles. The Morgan fingerprint density at radius 2 is 2.33 bits per heavy atom. The number of allylic oxidation sites excluding steroid dienone is 1. The van der Waals surface area contributed by atoms with E-state index in [9.17, 15) is 10.1 Å². The maximum Gasteiger partial charge on any atom is 0.157 e. The second-order valence-corrected chi connectivity index (χ2v) is 7.41. The number of aldehydes is 1. The van der Waals surface area contributed by atoms with Gasteiger partial charge in [0, 0.05) is 18.4 Å². The highest BCUT2D eigenvalue weighted by atomic mass is 32.2. The summed E-state index contributed by atoms with van der Waals surface area (Å²) in [5.41, 5.74) is 6.22. The minimum atomic E-state index is -0.125. The summed E-state index contributed by atoms with van der Waals surface area (Å²) in [6.07, 6.45) is 2.49. The van der Waals surface area contributed by atoms with Crippen LogP contribution >= 0.6 is 23.5 Å². The van der Waals surface area contributed by atoms with Gasteiger partial charge in [-0.15, -0.1) is 0 Å². The second-order valence-electron chi connectivity index (χ2n) is 5.15. The Bertz CT molecular complexity index is 762. The van der Waals surface area contributed by atoms with Gasteiger partial charge in [-0.25, -0.2) is 0 Å². The first-order valence-electron chi connectivity index (χ1n) is 7.36. The van der Waals surface area contributed by atoms with E-state index in [0.717, 1.165) is 27.4 Å². The zero-order valence-corrected chi connectivity index (χ0v) is 15.4. The van der Waals surface area contributed by atoms with Crippen LogP contribution in [0.4, 0.5) is 0 Å². The van der Waals surface area contributed by atoms with Crippen LogP contribution in [0, 0.1) is 18.3 Å². The molecule has 2 rings (SSSR count). The molecule has 5 nitrogen and oxygen atoms in total. The van der Waals surface area contributed by atoms with Crippen molar-refractivity contribution in [1.29, 1.82) is 5.26 Å². The fourth-order valence-electron chi connectivity index (χ4n) is 2.14. The van der Waals surface area contributed by atoms with Gasteiger partial charge in [-0.2, -0.15) is 10.4 Å². The van der Waals surface area contributed by atoms with Gasteiger partial charge in [-0.3, -0.25) is 9.79 Å². The Balaban J connectivity index is 2.12. The smallest absolute Gasteiger partial charge is 0.157 e. The quantitative estimate of drug-likeness (QED) is 0.497. The van der Waals surface area contributed by atoms with E-state index in [-0.39, 0.29) is 6.04 Å². The molecule has 1 aliphatic heterocycles. The van der Waals surface area contributed by atoms with Gasteiger partial charge in [0.05, 0.1) is 28.8 Å².